The summed E-state index contributed by atoms with van der Waals surface area (Å²) in [7, 11) is 0. The smallest absolute Gasteiger partial charge is 0.210 e. The van der Waals surface area contributed by atoms with Gasteiger partial charge in [0.15, 0.2) is 0 Å². The molecule has 1 heterocycles. The maximum atomic E-state index is 11.2. The van der Waals surface area contributed by atoms with E-state index >= 15 is 0 Å². The second kappa shape index (κ2) is 6.64. The molecule has 0 saturated heterocycles. The summed E-state index contributed by atoms with van der Waals surface area (Å²) >= 11 is 0. The molecule has 0 bridgehead atoms. The summed E-state index contributed by atoms with van der Waals surface area (Å²) < 4.78 is 0. The zero-order chi connectivity index (χ0) is 17.3. The van der Waals surface area contributed by atoms with Crippen LogP contribution in [0.5, 0.6) is 0 Å². The van der Waals surface area contributed by atoms with E-state index in [9.17, 15) is 4.79 Å². The number of hydrogen-bond donors (Lipinski definition) is 0. The van der Waals surface area contributed by atoms with E-state index in [1.54, 1.807) is 0 Å². The number of hydrogen-bond acceptors (Lipinski definition) is 1. The van der Waals surface area contributed by atoms with Gasteiger partial charge in [0.2, 0.25) is 6.41 Å². The monoisotopic (exact) mass is 319 g/mol. The van der Waals surface area contributed by atoms with E-state index in [4.69, 9.17) is 0 Å². The van der Waals surface area contributed by atoms with Gasteiger partial charge in [-0.3, -0.25) is 4.79 Å². The number of amides is 1. The first-order chi connectivity index (χ1) is 11.6. The average molecular weight is 319 g/mol. The van der Waals surface area contributed by atoms with Crippen LogP contribution in [0.15, 0.2) is 30.3 Å². The molecule has 0 atom stereocenters. The standard InChI is InChI=1S/C22H25NO/c1-5-19-16(3)20-12-23(14-24)13-21(20)17(4)22(19)15(2)11-18-9-7-6-8-10-18/h6-11,14H,5,12-13H2,1-4H3/b15-11+. The molecule has 0 unspecified atom stereocenters. The predicted octanol–water partition coefficient (Wildman–Crippen LogP) is 4.90. The Morgan fingerprint density at radius 3 is 2.29 bits per heavy atom. The SMILES string of the molecule is CCc1c(C)c2c(c(C)c1/C(C)=C/c1ccccc1)CN(C=O)C2. The molecule has 124 valence electrons. The van der Waals surface area contributed by atoms with Crippen LogP contribution in [-0.4, -0.2) is 11.3 Å². The zero-order valence-electron chi connectivity index (χ0n) is 15.0. The third-order valence-corrected chi connectivity index (χ3v) is 5.20. The van der Waals surface area contributed by atoms with Crippen molar-refractivity contribution >= 4 is 18.1 Å². The van der Waals surface area contributed by atoms with Gasteiger partial charge < -0.3 is 4.90 Å². The number of benzene rings is 2. The van der Waals surface area contributed by atoms with E-state index in [1.165, 1.54) is 44.5 Å². The van der Waals surface area contributed by atoms with Gasteiger partial charge in [0.1, 0.15) is 0 Å². The van der Waals surface area contributed by atoms with Crippen LogP contribution in [0.25, 0.3) is 11.6 Å². The lowest BCUT2D eigenvalue weighted by atomic mass is 9.84. The van der Waals surface area contributed by atoms with E-state index in [1.807, 2.05) is 11.0 Å². The molecule has 0 aromatic heterocycles. The van der Waals surface area contributed by atoms with E-state index in [0.29, 0.717) is 0 Å². The topological polar surface area (TPSA) is 20.3 Å². The van der Waals surface area contributed by atoms with E-state index in [0.717, 1.165) is 25.9 Å². The van der Waals surface area contributed by atoms with Crippen LogP contribution in [0.2, 0.25) is 0 Å². The van der Waals surface area contributed by atoms with Gasteiger partial charge in [-0.05, 0) is 71.7 Å². The van der Waals surface area contributed by atoms with Gasteiger partial charge in [0, 0.05) is 13.1 Å². The van der Waals surface area contributed by atoms with Crippen molar-refractivity contribution in [2.24, 2.45) is 0 Å². The van der Waals surface area contributed by atoms with Crippen molar-refractivity contribution in [3.63, 3.8) is 0 Å². The molecule has 2 aromatic carbocycles. The lowest BCUT2D eigenvalue weighted by Crippen LogP contribution is -2.12. The van der Waals surface area contributed by atoms with E-state index < -0.39 is 0 Å². The minimum Gasteiger partial charge on any atom is -0.337 e. The third kappa shape index (κ3) is 2.77. The number of rotatable bonds is 4. The largest absolute Gasteiger partial charge is 0.337 e. The minimum absolute atomic E-state index is 0.737. The second-order valence-corrected chi connectivity index (χ2v) is 6.66. The number of fused-ring (bicyclic) bond motifs is 1. The van der Waals surface area contributed by atoms with Crippen molar-refractivity contribution in [3.8, 4) is 0 Å². The molecule has 1 aliphatic heterocycles. The lowest BCUT2D eigenvalue weighted by Gasteiger charge is -2.20. The highest BCUT2D eigenvalue weighted by Crippen LogP contribution is 2.37. The zero-order valence-corrected chi connectivity index (χ0v) is 15.0. The number of carbonyl (C=O) groups is 1. The molecule has 0 fully saturated rings. The summed E-state index contributed by atoms with van der Waals surface area (Å²) in [6, 6.07) is 10.5. The molecular weight excluding hydrogens is 294 g/mol. The Morgan fingerprint density at radius 2 is 1.71 bits per heavy atom. The normalized spacial score (nSPS) is 14.0. The number of allylic oxidation sites excluding steroid dienone is 1. The third-order valence-electron chi connectivity index (χ3n) is 5.20. The molecule has 2 nitrogen and oxygen atoms in total. The molecule has 3 rings (SSSR count). The summed E-state index contributed by atoms with van der Waals surface area (Å²) in [6.07, 6.45) is 4.24. The fourth-order valence-electron chi connectivity index (χ4n) is 4.01. The van der Waals surface area contributed by atoms with Gasteiger partial charge >= 0.3 is 0 Å². The molecule has 24 heavy (non-hydrogen) atoms. The first-order valence-corrected chi connectivity index (χ1v) is 8.63. The molecular formula is C22H25NO. The Labute approximate surface area is 144 Å². The molecule has 0 N–H and O–H groups in total. The molecule has 2 heteroatoms. The Morgan fingerprint density at radius 1 is 1.08 bits per heavy atom. The molecule has 0 radical (unpaired) electrons. The maximum Gasteiger partial charge on any atom is 0.210 e. The molecule has 0 spiro atoms. The van der Waals surface area contributed by atoms with Gasteiger partial charge in [-0.15, -0.1) is 0 Å². The van der Waals surface area contributed by atoms with Gasteiger partial charge in [-0.25, -0.2) is 0 Å². The van der Waals surface area contributed by atoms with Crippen LogP contribution in [0.4, 0.5) is 0 Å². The van der Waals surface area contributed by atoms with Crippen molar-refractivity contribution in [1.82, 2.24) is 4.90 Å². The van der Waals surface area contributed by atoms with Crippen LogP contribution >= 0.6 is 0 Å². The molecule has 0 aliphatic carbocycles. The lowest BCUT2D eigenvalue weighted by molar-refractivity contribution is -0.118. The summed E-state index contributed by atoms with van der Waals surface area (Å²) in [4.78, 5) is 13.1. The highest BCUT2D eigenvalue weighted by molar-refractivity contribution is 5.84. The molecule has 1 amide bonds. The predicted molar refractivity (Wildman–Crippen MR) is 101 cm³/mol. The first kappa shape index (κ1) is 16.5. The van der Waals surface area contributed by atoms with Gasteiger partial charge in [0.05, 0.1) is 0 Å². The Balaban J connectivity index is 2.17. The van der Waals surface area contributed by atoms with Crippen LogP contribution in [-0.2, 0) is 24.3 Å². The van der Waals surface area contributed by atoms with Crippen LogP contribution in [0, 0.1) is 13.8 Å². The summed E-state index contributed by atoms with van der Waals surface area (Å²) in [5.41, 5.74) is 10.7. The molecule has 0 saturated carbocycles. The number of carbonyl (C=O) groups excluding carboxylic acids is 1. The van der Waals surface area contributed by atoms with Crippen molar-refractivity contribution in [2.45, 2.75) is 47.2 Å². The summed E-state index contributed by atoms with van der Waals surface area (Å²) in [6.45, 7) is 10.3. The van der Waals surface area contributed by atoms with Crippen molar-refractivity contribution in [1.29, 1.82) is 0 Å². The quantitative estimate of drug-likeness (QED) is 0.580. The van der Waals surface area contributed by atoms with Crippen molar-refractivity contribution in [3.05, 3.63) is 69.3 Å². The highest BCUT2D eigenvalue weighted by Gasteiger charge is 2.26. The van der Waals surface area contributed by atoms with E-state index in [2.05, 4.69) is 58.0 Å². The fourth-order valence-corrected chi connectivity index (χ4v) is 4.01. The average Bonchev–Trinajstić information content (AvgIpc) is 3.03. The van der Waals surface area contributed by atoms with Crippen molar-refractivity contribution < 1.29 is 4.79 Å². The first-order valence-electron chi connectivity index (χ1n) is 8.63. The van der Waals surface area contributed by atoms with Crippen LogP contribution in [0.1, 0.15) is 52.8 Å². The Hall–Kier alpha value is -2.35. The minimum atomic E-state index is 0.737. The van der Waals surface area contributed by atoms with Gasteiger partial charge in [0.25, 0.3) is 0 Å². The Kier molecular flexibility index (Phi) is 4.57. The Bertz CT molecular complexity index is 803. The van der Waals surface area contributed by atoms with Crippen LogP contribution < -0.4 is 0 Å². The second-order valence-electron chi connectivity index (χ2n) is 6.66. The molecule has 1 aliphatic rings. The van der Waals surface area contributed by atoms with E-state index in [-0.39, 0.29) is 0 Å². The van der Waals surface area contributed by atoms with Gasteiger partial charge in [-0.1, -0.05) is 43.3 Å². The summed E-state index contributed by atoms with van der Waals surface area (Å²) in [5.74, 6) is 0. The van der Waals surface area contributed by atoms with Crippen molar-refractivity contribution in [2.75, 3.05) is 0 Å². The highest BCUT2D eigenvalue weighted by atomic mass is 16.1. The van der Waals surface area contributed by atoms with Gasteiger partial charge in [-0.2, -0.15) is 0 Å². The van der Waals surface area contributed by atoms with Crippen LogP contribution in [0.3, 0.4) is 0 Å². The molecule has 2 aromatic rings. The fraction of sp³-hybridized carbons (Fsp3) is 0.318. The number of nitrogens with zero attached hydrogens (tertiary/aromatic N) is 1. The maximum absolute atomic E-state index is 11.2. The summed E-state index contributed by atoms with van der Waals surface area (Å²) in [5, 5.41) is 0.